The third kappa shape index (κ3) is 3.46. The molecule has 0 bridgehead atoms. The van der Waals surface area contributed by atoms with Crippen molar-refractivity contribution in [2.45, 2.75) is 32.6 Å². The van der Waals surface area contributed by atoms with E-state index in [0.717, 1.165) is 25.7 Å². The highest BCUT2D eigenvalue weighted by Crippen LogP contribution is 2.30. The van der Waals surface area contributed by atoms with Gasteiger partial charge in [0.1, 0.15) is 5.75 Å². The molecule has 1 aliphatic rings. The molecule has 1 aromatic carbocycles. The van der Waals surface area contributed by atoms with Gasteiger partial charge in [-0.05, 0) is 43.7 Å². The summed E-state index contributed by atoms with van der Waals surface area (Å²) in [7, 11) is 1.40. The van der Waals surface area contributed by atoms with Gasteiger partial charge in [-0.15, -0.1) is 0 Å². The topological polar surface area (TPSA) is 35.5 Å². The van der Waals surface area contributed by atoms with Crippen molar-refractivity contribution < 1.29 is 18.7 Å². The number of methoxy groups -OCH3 is 1. The molecule has 0 heterocycles. The summed E-state index contributed by atoms with van der Waals surface area (Å²) >= 11 is 0. The molecular weight excluding hydrogens is 247 g/mol. The molecule has 104 valence electrons. The van der Waals surface area contributed by atoms with Crippen molar-refractivity contribution >= 4 is 5.97 Å². The van der Waals surface area contributed by atoms with Crippen LogP contribution in [0.5, 0.6) is 11.5 Å². The maximum Gasteiger partial charge on any atom is 0.314 e. The van der Waals surface area contributed by atoms with Crippen molar-refractivity contribution in [2.24, 2.45) is 11.8 Å². The molecule has 0 aromatic heterocycles. The van der Waals surface area contributed by atoms with Crippen LogP contribution in [0.15, 0.2) is 18.2 Å². The smallest absolute Gasteiger partial charge is 0.314 e. The molecule has 0 radical (unpaired) electrons. The fourth-order valence-electron chi connectivity index (χ4n) is 2.41. The van der Waals surface area contributed by atoms with Crippen LogP contribution >= 0.6 is 0 Å². The molecule has 1 saturated carbocycles. The van der Waals surface area contributed by atoms with E-state index in [9.17, 15) is 9.18 Å². The minimum atomic E-state index is -0.523. The van der Waals surface area contributed by atoms with E-state index in [-0.39, 0.29) is 23.4 Å². The van der Waals surface area contributed by atoms with Crippen LogP contribution in [-0.4, -0.2) is 13.1 Å². The van der Waals surface area contributed by atoms with Crippen molar-refractivity contribution in [3.05, 3.63) is 24.0 Å². The van der Waals surface area contributed by atoms with E-state index < -0.39 is 5.82 Å². The van der Waals surface area contributed by atoms with Crippen molar-refractivity contribution in [3.63, 3.8) is 0 Å². The summed E-state index contributed by atoms with van der Waals surface area (Å²) in [4.78, 5) is 12.0. The predicted molar refractivity (Wildman–Crippen MR) is 69.7 cm³/mol. The lowest BCUT2D eigenvalue weighted by atomic mass is 9.83. The first-order valence-corrected chi connectivity index (χ1v) is 6.65. The number of esters is 1. The van der Waals surface area contributed by atoms with E-state index in [2.05, 4.69) is 6.92 Å². The molecule has 0 atom stereocenters. The number of hydrogen-bond acceptors (Lipinski definition) is 3. The maximum absolute atomic E-state index is 13.5. The van der Waals surface area contributed by atoms with Gasteiger partial charge in [-0.25, -0.2) is 4.39 Å². The second-order valence-electron chi connectivity index (χ2n) is 5.17. The van der Waals surface area contributed by atoms with Gasteiger partial charge in [0, 0.05) is 6.07 Å². The number of hydrogen-bond donors (Lipinski definition) is 0. The van der Waals surface area contributed by atoms with Gasteiger partial charge in [-0.1, -0.05) is 6.92 Å². The average molecular weight is 266 g/mol. The minimum Gasteiger partial charge on any atom is -0.494 e. The zero-order valence-corrected chi connectivity index (χ0v) is 11.3. The van der Waals surface area contributed by atoms with Crippen LogP contribution < -0.4 is 9.47 Å². The first kappa shape index (κ1) is 13.8. The Morgan fingerprint density at radius 2 is 1.95 bits per heavy atom. The van der Waals surface area contributed by atoms with Crippen LogP contribution in [0.3, 0.4) is 0 Å². The standard InChI is InChI=1S/C15H19FO3/c1-10-3-5-11(6-4-10)15(17)19-12-7-8-14(18-2)13(16)9-12/h7-11H,3-6H2,1-2H3. The molecule has 0 spiro atoms. The Bertz CT molecular complexity index is 451. The highest BCUT2D eigenvalue weighted by Gasteiger charge is 2.26. The van der Waals surface area contributed by atoms with Gasteiger partial charge in [0.2, 0.25) is 0 Å². The van der Waals surface area contributed by atoms with E-state index >= 15 is 0 Å². The Morgan fingerprint density at radius 3 is 2.53 bits per heavy atom. The minimum absolute atomic E-state index is 0.0543. The third-order valence-electron chi connectivity index (χ3n) is 3.69. The first-order valence-electron chi connectivity index (χ1n) is 6.65. The summed E-state index contributed by atoms with van der Waals surface area (Å²) in [6.07, 6.45) is 3.82. The van der Waals surface area contributed by atoms with Gasteiger partial charge in [0.05, 0.1) is 13.0 Å². The Hall–Kier alpha value is -1.58. The Kier molecular flexibility index (Phi) is 4.40. The van der Waals surface area contributed by atoms with Crippen LogP contribution in [0, 0.1) is 17.7 Å². The number of carbonyl (C=O) groups excluding carboxylic acids is 1. The number of ether oxygens (including phenoxy) is 2. The van der Waals surface area contributed by atoms with Crippen LogP contribution in [0.1, 0.15) is 32.6 Å². The molecule has 0 unspecified atom stereocenters. The van der Waals surface area contributed by atoms with Gasteiger partial charge < -0.3 is 9.47 Å². The zero-order valence-electron chi connectivity index (χ0n) is 11.3. The second-order valence-corrected chi connectivity index (χ2v) is 5.17. The van der Waals surface area contributed by atoms with E-state index in [1.165, 1.54) is 19.2 Å². The maximum atomic E-state index is 13.5. The summed E-state index contributed by atoms with van der Waals surface area (Å²) in [6.45, 7) is 2.19. The van der Waals surface area contributed by atoms with Crippen LogP contribution in [-0.2, 0) is 4.79 Å². The van der Waals surface area contributed by atoms with Crippen molar-refractivity contribution in [1.29, 1.82) is 0 Å². The molecule has 19 heavy (non-hydrogen) atoms. The molecule has 3 nitrogen and oxygen atoms in total. The van der Waals surface area contributed by atoms with Crippen LogP contribution in [0.25, 0.3) is 0 Å². The van der Waals surface area contributed by atoms with Crippen LogP contribution in [0.4, 0.5) is 4.39 Å². The fourth-order valence-corrected chi connectivity index (χ4v) is 2.41. The lowest BCUT2D eigenvalue weighted by Crippen LogP contribution is -2.25. The summed E-state index contributed by atoms with van der Waals surface area (Å²) in [5.74, 6) is 0.235. The quantitative estimate of drug-likeness (QED) is 0.620. The molecular formula is C15H19FO3. The Morgan fingerprint density at radius 1 is 1.26 bits per heavy atom. The number of benzene rings is 1. The van der Waals surface area contributed by atoms with Crippen molar-refractivity contribution in [3.8, 4) is 11.5 Å². The van der Waals surface area contributed by atoms with Crippen LogP contribution in [0.2, 0.25) is 0 Å². The zero-order chi connectivity index (χ0) is 13.8. The van der Waals surface area contributed by atoms with Gasteiger partial charge >= 0.3 is 5.97 Å². The van der Waals surface area contributed by atoms with Crippen molar-refractivity contribution in [2.75, 3.05) is 7.11 Å². The largest absolute Gasteiger partial charge is 0.494 e. The van der Waals surface area contributed by atoms with E-state index in [1.54, 1.807) is 6.07 Å². The molecule has 1 aromatic rings. The first-order chi connectivity index (χ1) is 9.10. The Labute approximate surface area is 112 Å². The Balaban J connectivity index is 1.97. The highest BCUT2D eigenvalue weighted by molar-refractivity contribution is 5.75. The lowest BCUT2D eigenvalue weighted by molar-refractivity contribution is -0.140. The molecule has 0 N–H and O–H groups in total. The number of halogens is 1. The van der Waals surface area contributed by atoms with E-state index in [4.69, 9.17) is 9.47 Å². The van der Waals surface area contributed by atoms with Gasteiger partial charge in [0.15, 0.2) is 11.6 Å². The normalized spacial score (nSPS) is 22.9. The monoisotopic (exact) mass is 266 g/mol. The van der Waals surface area contributed by atoms with Gasteiger partial charge in [0.25, 0.3) is 0 Å². The van der Waals surface area contributed by atoms with Gasteiger partial charge in [-0.3, -0.25) is 4.79 Å². The fraction of sp³-hybridized carbons (Fsp3) is 0.533. The second kappa shape index (κ2) is 6.04. The van der Waals surface area contributed by atoms with E-state index in [1.807, 2.05) is 0 Å². The molecule has 0 aliphatic heterocycles. The molecule has 1 fully saturated rings. The van der Waals surface area contributed by atoms with E-state index in [0.29, 0.717) is 5.92 Å². The summed E-state index contributed by atoms with van der Waals surface area (Å²) < 4.78 is 23.5. The summed E-state index contributed by atoms with van der Waals surface area (Å²) in [5, 5.41) is 0. The molecule has 4 heteroatoms. The predicted octanol–water partition coefficient (Wildman–Crippen LogP) is 3.57. The van der Waals surface area contributed by atoms with Crippen molar-refractivity contribution in [1.82, 2.24) is 0 Å². The third-order valence-corrected chi connectivity index (χ3v) is 3.69. The SMILES string of the molecule is COc1ccc(OC(=O)C2CCC(C)CC2)cc1F. The van der Waals surface area contributed by atoms with Gasteiger partial charge in [-0.2, -0.15) is 0 Å². The summed E-state index contributed by atoms with van der Waals surface area (Å²) in [6, 6.07) is 4.19. The molecule has 1 aliphatic carbocycles. The molecule has 0 saturated heterocycles. The number of rotatable bonds is 3. The summed E-state index contributed by atoms with van der Waals surface area (Å²) in [5.41, 5.74) is 0. The lowest BCUT2D eigenvalue weighted by Gasteiger charge is -2.24. The highest BCUT2D eigenvalue weighted by atomic mass is 19.1. The molecule has 0 amide bonds. The molecule has 2 rings (SSSR count). The average Bonchev–Trinajstić information content (AvgIpc) is 2.39. The number of carbonyl (C=O) groups is 1.